The molecular formula is C9H6BrN3O2. The van der Waals surface area contributed by atoms with Crippen LogP contribution >= 0.6 is 15.9 Å². The van der Waals surface area contributed by atoms with Gasteiger partial charge in [-0.15, -0.1) is 0 Å². The van der Waals surface area contributed by atoms with E-state index < -0.39 is 5.97 Å². The van der Waals surface area contributed by atoms with Gasteiger partial charge in [0, 0.05) is 4.47 Å². The Morgan fingerprint density at radius 1 is 1.33 bits per heavy atom. The molecule has 1 N–H and O–H groups in total. The van der Waals surface area contributed by atoms with Gasteiger partial charge >= 0.3 is 5.97 Å². The number of carboxylic acids is 1. The van der Waals surface area contributed by atoms with Crippen molar-refractivity contribution in [1.29, 1.82) is 0 Å². The molecule has 0 saturated heterocycles. The van der Waals surface area contributed by atoms with Crippen LogP contribution in [-0.4, -0.2) is 26.1 Å². The first-order valence-electron chi connectivity index (χ1n) is 4.08. The molecule has 0 radical (unpaired) electrons. The number of nitrogens with zero attached hydrogens (tertiary/aromatic N) is 3. The largest absolute Gasteiger partial charge is 0.478 e. The van der Waals surface area contributed by atoms with Crippen LogP contribution in [-0.2, 0) is 0 Å². The summed E-state index contributed by atoms with van der Waals surface area (Å²) in [6.07, 6.45) is 2.99. The van der Waals surface area contributed by atoms with Gasteiger partial charge in [-0.2, -0.15) is 15.0 Å². The van der Waals surface area contributed by atoms with E-state index >= 15 is 0 Å². The Balaban J connectivity index is 2.63. The summed E-state index contributed by atoms with van der Waals surface area (Å²) in [5, 5.41) is 16.8. The van der Waals surface area contributed by atoms with Gasteiger partial charge in [-0.3, -0.25) is 0 Å². The molecule has 5 nitrogen and oxygen atoms in total. The lowest BCUT2D eigenvalue weighted by Gasteiger charge is -2.04. The van der Waals surface area contributed by atoms with Crippen molar-refractivity contribution in [2.45, 2.75) is 0 Å². The predicted molar refractivity (Wildman–Crippen MR) is 56.0 cm³/mol. The summed E-state index contributed by atoms with van der Waals surface area (Å²) in [4.78, 5) is 12.2. The maximum Gasteiger partial charge on any atom is 0.337 e. The summed E-state index contributed by atoms with van der Waals surface area (Å²) < 4.78 is 0.778. The highest BCUT2D eigenvalue weighted by molar-refractivity contribution is 9.10. The van der Waals surface area contributed by atoms with E-state index in [-0.39, 0.29) is 5.56 Å². The third kappa shape index (κ3) is 1.89. The van der Waals surface area contributed by atoms with Crippen LogP contribution in [0.3, 0.4) is 0 Å². The van der Waals surface area contributed by atoms with Crippen LogP contribution in [0.5, 0.6) is 0 Å². The van der Waals surface area contributed by atoms with Crippen LogP contribution in [0.25, 0.3) is 5.69 Å². The Bertz CT molecular complexity index is 496. The molecule has 76 valence electrons. The molecule has 0 aliphatic carbocycles. The molecule has 2 rings (SSSR count). The van der Waals surface area contributed by atoms with Gasteiger partial charge in [0.15, 0.2) is 0 Å². The van der Waals surface area contributed by atoms with E-state index in [1.807, 2.05) is 0 Å². The van der Waals surface area contributed by atoms with Crippen LogP contribution in [0, 0.1) is 0 Å². The van der Waals surface area contributed by atoms with Crippen molar-refractivity contribution in [3.05, 3.63) is 40.6 Å². The van der Waals surface area contributed by atoms with Crippen LogP contribution in [0.4, 0.5) is 0 Å². The molecule has 6 heteroatoms. The zero-order valence-electron chi connectivity index (χ0n) is 7.46. The second-order valence-corrected chi connectivity index (χ2v) is 3.70. The molecule has 0 bridgehead atoms. The second kappa shape index (κ2) is 3.82. The second-order valence-electron chi connectivity index (χ2n) is 2.79. The average Bonchev–Trinajstić information content (AvgIpc) is 2.69. The number of benzene rings is 1. The first kappa shape index (κ1) is 9.85. The fourth-order valence-electron chi connectivity index (χ4n) is 1.19. The molecule has 15 heavy (non-hydrogen) atoms. The van der Waals surface area contributed by atoms with Crippen molar-refractivity contribution >= 4 is 21.9 Å². The Labute approximate surface area is 93.5 Å². The topological polar surface area (TPSA) is 68.0 Å². The Morgan fingerprint density at radius 2 is 2.00 bits per heavy atom. The highest BCUT2D eigenvalue weighted by Gasteiger charge is 2.12. The monoisotopic (exact) mass is 267 g/mol. The number of rotatable bonds is 2. The fraction of sp³-hybridized carbons (Fsp3) is 0. The zero-order valence-corrected chi connectivity index (χ0v) is 9.05. The van der Waals surface area contributed by atoms with Gasteiger partial charge in [-0.25, -0.2) is 4.79 Å². The lowest BCUT2D eigenvalue weighted by Crippen LogP contribution is -2.07. The van der Waals surface area contributed by atoms with Gasteiger partial charge in [0.1, 0.15) is 5.69 Å². The standard InChI is InChI=1S/C9H6BrN3O2/c10-6-1-2-7(9(14)15)8(5-6)13-11-3-4-12-13/h1-5H,(H,14,15). The van der Waals surface area contributed by atoms with Gasteiger partial charge in [-0.1, -0.05) is 15.9 Å². The van der Waals surface area contributed by atoms with E-state index in [1.165, 1.54) is 23.3 Å². The molecule has 1 aromatic heterocycles. The number of carbonyl (C=O) groups is 1. The van der Waals surface area contributed by atoms with Crippen molar-refractivity contribution in [2.75, 3.05) is 0 Å². The molecule has 2 aromatic rings. The Morgan fingerprint density at radius 3 is 2.60 bits per heavy atom. The van der Waals surface area contributed by atoms with Crippen molar-refractivity contribution in [3.8, 4) is 5.69 Å². The summed E-state index contributed by atoms with van der Waals surface area (Å²) in [6.45, 7) is 0. The summed E-state index contributed by atoms with van der Waals surface area (Å²) in [5.74, 6) is -1.00. The third-order valence-corrected chi connectivity index (χ3v) is 2.32. The van der Waals surface area contributed by atoms with Gasteiger partial charge in [-0.05, 0) is 18.2 Å². The zero-order chi connectivity index (χ0) is 10.8. The van der Waals surface area contributed by atoms with E-state index in [1.54, 1.807) is 12.1 Å². The molecule has 0 aliphatic heterocycles. The number of hydrogen-bond acceptors (Lipinski definition) is 3. The molecule has 0 atom stereocenters. The fourth-order valence-corrected chi connectivity index (χ4v) is 1.54. The lowest BCUT2D eigenvalue weighted by molar-refractivity contribution is 0.0696. The molecule has 0 unspecified atom stereocenters. The smallest absolute Gasteiger partial charge is 0.337 e. The minimum absolute atomic E-state index is 0.161. The van der Waals surface area contributed by atoms with E-state index in [2.05, 4.69) is 26.1 Å². The van der Waals surface area contributed by atoms with Crippen molar-refractivity contribution < 1.29 is 9.90 Å². The van der Waals surface area contributed by atoms with Gasteiger partial charge in [0.05, 0.1) is 18.0 Å². The van der Waals surface area contributed by atoms with Crippen molar-refractivity contribution in [3.63, 3.8) is 0 Å². The van der Waals surface area contributed by atoms with Crippen LogP contribution in [0.15, 0.2) is 35.1 Å². The molecule has 0 fully saturated rings. The number of hydrogen-bond donors (Lipinski definition) is 1. The Hall–Kier alpha value is -1.69. The van der Waals surface area contributed by atoms with Gasteiger partial charge in [0.25, 0.3) is 0 Å². The number of carboxylic acid groups (broad SMARTS) is 1. The van der Waals surface area contributed by atoms with Gasteiger partial charge < -0.3 is 5.11 Å². The summed E-state index contributed by atoms with van der Waals surface area (Å²) in [7, 11) is 0. The molecule has 1 aromatic carbocycles. The Kier molecular flexibility index (Phi) is 2.51. The molecular weight excluding hydrogens is 262 g/mol. The molecule has 1 heterocycles. The summed E-state index contributed by atoms with van der Waals surface area (Å²) >= 11 is 3.27. The van der Waals surface area contributed by atoms with Gasteiger partial charge in [0.2, 0.25) is 0 Å². The highest BCUT2D eigenvalue weighted by Crippen LogP contribution is 2.19. The quantitative estimate of drug-likeness (QED) is 0.900. The maximum atomic E-state index is 10.9. The molecule has 0 amide bonds. The summed E-state index contributed by atoms with van der Waals surface area (Å²) in [6, 6.07) is 4.82. The molecule has 0 spiro atoms. The van der Waals surface area contributed by atoms with Crippen molar-refractivity contribution in [1.82, 2.24) is 15.0 Å². The first-order valence-corrected chi connectivity index (χ1v) is 4.87. The SMILES string of the molecule is O=C(O)c1ccc(Br)cc1-n1nccn1. The highest BCUT2D eigenvalue weighted by atomic mass is 79.9. The average molecular weight is 268 g/mol. The van der Waals surface area contributed by atoms with E-state index in [0.29, 0.717) is 5.69 Å². The predicted octanol–water partition coefficient (Wildman–Crippen LogP) is 1.73. The minimum Gasteiger partial charge on any atom is -0.478 e. The summed E-state index contributed by atoms with van der Waals surface area (Å²) in [5.41, 5.74) is 0.594. The number of aromatic carboxylic acids is 1. The van der Waals surface area contributed by atoms with Crippen LogP contribution in [0.2, 0.25) is 0 Å². The number of aromatic nitrogens is 3. The molecule has 0 saturated carbocycles. The normalized spacial score (nSPS) is 10.2. The van der Waals surface area contributed by atoms with E-state index in [0.717, 1.165) is 4.47 Å². The van der Waals surface area contributed by atoms with Crippen LogP contribution in [0.1, 0.15) is 10.4 Å². The maximum absolute atomic E-state index is 10.9. The minimum atomic E-state index is -1.00. The van der Waals surface area contributed by atoms with E-state index in [4.69, 9.17) is 5.11 Å². The third-order valence-electron chi connectivity index (χ3n) is 1.82. The molecule has 0 aliphatic rings. The van der Waals surface area contributed by atoms with Crippen molar-refractivity contribution in [2.24, 2.45) is 0 Å². The number of halogens is 1. The first-order chi connectivity index (χ1) is 7.18. The van der Waals surface area contributed by atoms with Crippen LogP contribution < -0.4 is 0 Å². The van der Waals surface area contributed by atoms with E-state index in [9.17, 15) is 4.79 Å². The lowest BCUT2D eigenvalue weighted by atomic mass is 10.2.